The maximum atomic E-state index is 12.0. The van der Waals surface area contributed by atoms with E-state index in [1.54, 1.807) is 12.1 Å². The Kier molecular flexibility index (Phi) is 8.20. The van der Waals surface area contributed by atoms with Gasteiger partial charge in [-0.3, -0.25) is 0 Å². The van der Waals surface area contributed by atoms with E-state index < -0.39 is 15.8 Å². The van der Waals surface area contributed by atoms with Gasteiger partial charge in [0.1, 0.15) is 0 Å². The Labute approximate surface area is 284 Å². The number of carboxylic acids is 1. The smallest absolute Gasteiger partial charge is 0.335 e. The normalized spacial score (nSPS) is 44.9. The van der Waals surface area contributed by atoms with Crippen LogP contribution < -0.4 is 10.6 Å². The quantitative estimate of drug-likeness (QED) is 0.260. The molecule has 6 aliphatic rings. The highest BCUT2D eigenvalue weighted by Crippen LogP contribution is 2.76. The number of hydrogen-bond acceptors (Lipinski definition) is 5. The summed E-state index contributed by atoms with van der Waals surface area (Å²) in [6.45, 7) is 17.3. The van der Waals surface area contributed by atoms with Crippen LogP contribution >= 0.6 is 0 Å². The summed E-state index contributed by atoms with van der Waals surface area (Å²) in [6.07, 6.45) is 14.8. The highest BCUT2D eigenvalue weighted by Gasteiger charge is 2.70. The molecule has 4 unspecified atom stereocenters. The van der Waals surface area contributed by atoms with Crippen LogP contribution in [0.25, 0.3) is 5.57 Å². The highest BCUT2D eigenvalue weighted by molar-refractivity contribution is 7.91. The van der Waals surface area contributed by atoms with Crippen LogP contribution in [0.15, 0.2) is 30.3 Å². The summed E-state index contributed by atoms with van der Waals surface area (Å²) in [4.78, 5) is 11.5. The van der Waals surface area contributed by atoms with Crippen molar-refractivity contribution in [3.8, 4) is 0 Å². The topological polar surface area (TPSA) is 95.5 Å². The molecule has 5 aliphatic carbocycles. The lowest BCUT2D eigenvalue weighted by Gasteiger charge is -2.72. The van der Waals surface area contributed by atoms with E-state index in [0.29, 0.717) is 45.7 Å². The van der Waals surface area contributed by atoms with E-state index in [9.17, 15) is 18.3 Å². The summed E-state index contributed by atoms with van der Waals surface area (Å²) in [5, 5.41) is 17.2. The lowest BCUT2D eigenvalue weighted by molar-refractivity contribution is -0.219. The summed E-state index contributed by atoms with van der Waals surface area (Å²) in [6, 6.07) is 7.71. The Morgan fingerprint density at radius 1 is 0.872 bits per heavy atom. The van der Waals surface area contributed by atoms with Gasteiger partial charge in [-0.15, -0.1) is 0 Å². The molecule has 6 nitrogen and oxygen atoms in total. The van der Waals surface area contributed by atoms with Gasteiger partial charge in [-0.2, -0.15) is 0 Å². The Balaban J connectivity index is 1.11. The molecule has 10 atom stereocenters. The second kappa shape index (κ2) is 11.4. The summed E-state index contributed by atoms with van der Waals surface area (Å²) < 4.78 is 23.9. The summed E-state index contributed by atoms with van der Waals surface area (Å²) in [5.41, 5.74) is 4.08. The monoisotopic (exact) mass is 664 g/mol. The Hall–Kier alpha value is -1.70. The Morgan fingerprint density at radius 2 is 1.62 bits per heavy atom. The molecular formula is C40H60N2O4S. The number of allylic oxidation sites excluding steroid dienone is 2. The molecule has 1 heterocycles. The summed E-state index contributed by atoms with van der Waals surface area (Å²) >= 11 is 0. The zero-order valence-electron chi connectivity index (χ0n) is 29.8. The molecule has 7 rings (SSSR count). The molecule has 1 aliphatic heterocycles. The van der Waals surface area contributed by atoms with Crippen LogP contribution in [0.2, 0.25) is 0 Å². The lowest BCUT2D eigenvalue weighted by atomic mass is 9.33. The van der Waals surface area contributed by atoms with E-state index in [4.69, 9.17) is 0 Å². The van der Waals surface area contributed by atoms with Crippen molar-refractivity contribution in [3.63, 3.8) is 0 Å². The lowest BCUT2D eigenvalue weighted by Crippen LogP contribution is -2.68. The second-order valence-electron chi connectivity index (χ2n) is 18.3. The Bertz CT molecular complexity index is 1540. The predicted molar refractivity (Wildman–Crippen MR) is 190 cm³/mol. The predicted octanol–water partition coefficient (Wildman–Crippen LogP) is 7.60. The van der Waals surface area contributed by atoms with E-state index in [-0.39, 0.29) is 22.4 Å². The number of carboxylic acid groups (broad SMARTS) is 1. The first-order valence-electron chi connectivity index (χ1n) is 18.8. The average molecular weight is 665 g/mol. The standard InChI is InChI=1S/C40H60N2O4S/c1-26-13-19-40(42-23-22-41-29-16-24-47(45,46)25-29)21-20-38(5)31(34(26)40)11-12-33-37(4)17-14-30(27-7-9-28(10-8-27)35(43)44)36(2,3)32(37)15-18-39(33,38)6/h7-10,14,26,29,31-34,41-42H,11-13,15-25H2,1-6H3,(H,43,44)/t26-,29?,31-,32?,33?,34?,37+,38-,39-,40+/m1/s1. The molecule has 7 heteroatoms. The number of nitrogens with one attached hydrogen (secondary N) is 2. The zero-order valence-corrected chi connectivity index (χ0v) is 30.6. The van der Waals surface area contributed by atoms with Gasteiger partial charge in [0.2, 0.25) is 0 Å². The van der Waals surface area contributed by atoms with Gasteiger partial charge in [0.25, 0.3) is 0 Å². The number of carbonyl (C=O) groups is 1. The van der Waals surface area contributed by atoms with Crippen molar-refractivity contribution in [2.24, 2.45) is 51.2 Å². The third kappa shape index (κ3) is 5.13. The minimum atomic E-state index is -2.85. The van der Waals surface area contributed by atoms with Crippen LogP contribution in [0.3, 0.4) is 0 Å². The minimum Gasteiger partial charge on any atom is -0.478 e. The maximum absolute atomic E-state index is 12.0. The van der Waals surface area contributed by atoms with E-state index >= 15 is 0 Å². The SMILES string of the molecule is C[C@@H]1CC[C@]2(NCCNC3CCS(=O)(=O)C3)CC[C@]3(C)[C@H](CCC4[C@@]5(C)CC=C(c6ccc(C(=O)O)cc6)C(C)(C)C5CC[C@]43C)C12. The van der Waals surface area contributed by atoms with Gasteiger partial charge in [0.05, 0.1) is 17.1 Å². The first-order chi connectivity index (χ1) is 22.1. The van der Waals surface area contributed by atoms with Crippen molar-refractivity contribution >= 4 is 21.4 Å². The molecule has 47 heavy (non-hydrogen) atoms. The van der Waals surface area contributed by atoms with Crippen LogP contribution in [-0.4, -0.2) is 55.7 Å². The van der Waals surface area contributed by atoms with Gasteiger partial charge in [-0.1, -0.05) is 59.8 Å². The van der Waals surface area contributed by atoms with Crippen molar-refractivity contribution in [1.29, 1.82) is 0 Å². The molecule has 0 radical (unpaired) electrons. The fourth-order valence-electron chi connectivity index (χ4n) is 13.7. The number of benzene rings is 1. The third-order valence-corrected chi connectivity index (χ3v) is 17.8. The number of aromatic carboxylic acids is 1. The van der Waals surface area contributed by atoms with Crippen molar-refractivity contribution in [2.75, 3.05) is 24.6 Å². The fraction of sp³-hybridized carbons (Fsp3) is 0.775. The molecule has 1 saturated heterocycles. The molecule has 260 valence electrons. The average Bonchev–Trinajstić information content (AvgIpc) is 3.53. The highest BCUT2D eigenvalue weighted by atomic mass is 32.2. The number of hydrogen-bond donors (Lipinski definition) is 3. The molecule has 0 spiro atoms. The van der Waals surface area contributed by atoms with Crippen molar-refractivity contribution in [1.82, 2.24) is 10.6 Å². The largest absolute Gasteiger partial charge is 0.478 e. The molecule has 1 aromatic carbocycles. The third-order valence-electron chi connectivity index (χ3n) is 16.0. The first kappa shape index (κ1) is 33.8. The molecule has 1 aromatic rings. The van der Waals surface area contributed by atoms with Gasteiger partial charge in [-0.25, -0.2) is 13.2 Å². The zero-order chi connectivity index (χ0) is 33.6. The van der Waals surface area contributed by atoms with E-state index in [1.807, 2.05) is 12.1 Å². The van der Waals surface area contributed by atoms with E-state index in [2.05, 4.69) is 58.3 Å². The molecular weight excluding hydrogens is 605 g/mol. The summed E-state index contributed by atoms with van der Waals surface area (Å²) in [5.74, 6) is 3.25. The van der Waals surface area contributed by atoms with Gasteiger partial charge in [0, 0.05) is 24.7 Å². The van der Waals surface area contributed by atoms with Crippen LogP contribution in [0.1, 0.15) is 122 Å². The minimum absolute atomic E-state index is 0.0269. The molecule has 3 N–H and O–H groups in total. The van der Waals surface area contributed by atoms with Gasteiger partial charge in [0.15, 0.2) is 9.84 Å². The number of fused-ring (bicyclic) bond motifs is 7. The van der Waals surface area contributed by atoms with E-state index in [0.717, 1.165) is 37.8 Å². The molecule has 0 bridgehead atoms. The van der Waals surface area contributed by atoms with Crippen LogP contribution in [0.4, 0.5) is 0 Å². The van der Waals surface area contributed by atoms with Gasteiger partial charge in [-0.05, 0) is 139 Å². The van der Waals surface area contributed by atoms with Crippen LogP contribution in [0, 0.1) is 51.2 Å². The van der Waals surface area contributed by atoms with E-state index in [1.165, 1.54) is 62.5 Å². The van der Waals surface area contributed by atoms with Gasteiger partial charge >= 0.3 is 5.97 Å². The van der Waals surface area contributed by atoms with Crippen molar-refractivity contribution in [3.05, 3.63) is 41.5 Å². The summed E-state index contributed by atoms with van der Waals surface area (Å²) in [7, 11) is -2.85. The fourth-order valence-corrected chi connectivity index (χ4v) is 15.4. The number of rotatable bonds is 7. The Morgan fingerprint density at radius 3 is 2.30 bits per heavy atom. The van der Waals surface area contributed by atoms with Crippen molar-refractivity contribution < 1.29 is 18.3 Å². The second-order valence-corrected chi connectivity index (χ2v) is 20.5. The molecule has 0 aromatic heterocycles. The van der Waals surface area contributed by atoms with Gasteiger partial charge < -0.3 is 15.7 Å². The van der Waals surface area contributed by atoms with Crippen LogP contribution in [0.5, 0.6) is 0 Å². The first-order valence-corrected chi connectivity index (χ1v) is 20.6. The van der Waals surface area contributed by atoms with Crippen LogP contribution in [-0.2, 0) is 9.84 Å². The molecule has 5 fully saturated rings. The maximum Gasteiger partial charge on any atom is 0.335 e. The van der Waals surface area contributed by atoms with Crippen molar-refractivity contribution in [2.45, 2.75) is 117 Å². The molecule has 0 amide bonds. The molecule has 4 saturated carbocycles. The number of sulfone groups is 1.